The lowest BCUT2D eigenvalue weighted by Crippen LogP contribution is -2.46. The fraction of sp³-hybridized carbons (Fsp3) is 0.818. The minimum atomic E-state index is -0.848. The first-order chi connectivity index (χ1) is 14.4. The number of hydrogen-bond acceptors (Lipinski definition) is 7. The van der Waals surface area contributed by atoms with Crippen molar-refractivity contribution in [2.45, 2.75) is 97.9 Å². The number of aromatic nitrogens is 2. The number of nitrogens with zero attached hydrogens (tertiary/aromatic N) is 3. The third-order valence-electron chi connectivity index (χ3n) is 5.39. The van der Waals surface area contributed by atoms with Gasteiger partial charge in [0.15, 0.2) is 5.82 Å². The van der Waals surface area contributed by atoms with Crippen molar-refractivity contribution >= 4 is 12.0 Å². The van der Waals surface area contributed by atoms with Crippen LogP contribution >= 0.6 is 0 Å². The number of ether oxygens (including phenoxy) is 1. The van der Waals surface area contributed by atoms with E-state index in [1.54, 1.807) is 13.8 Å². The first kappa shape index (κ1) is 25.1. The Hall–Kier alpha value is -2.16. The van der Waals surface area contributed by atoms with Crippen molar-refractivity contribution in [2.75, 3.05) is 13.1 Å². The van der Waals surface area contributed by atoms with Crippen molar-refractivity contribution < 1.29 is 18.8 Å². The first-order valence-corrected chi connectivity index (χ1v) is 11.3. The summed E-state index contributed by atoms with van der Waals surface area (Å²) in [5.41, 5.74) is -1.44. The number of hydrogen-bond donors (Lipinski definition) is 2. The molecular weight excluding hydrogens is 398 g/mol. The summed E-state index contributed by atoms with van der Waals surface area (Å²) in [6.45, 7) is 15.1. The van der Waals surface area contributed by atoms with Gasteiger partial charge in [-0.05, 0) is 60.8 Å². The third kappa shape index (κ3) is 7.79. The minimum absolute atomic E-state index is 0.0271. The van der Waals surface area contributed by atoms with Crippen molar-refractivity contribution in [3.05, 3.63) is 11.7 Å². The van der Waals surface area contributed by atoms with E-state index >= 15 is 0 Å². The molecule has 1 aliphatic rings. The average molecular weight is 438 g/mol. The molecule has 2 rings (SSSR count). The highest BCUT2D eigenvalue weighted by molar-refractivity contribution is 5.78. The van der Waals surface area contributed by atoms with Gasteiger partial charge in [-0.1, -0.05) is 18.5 Å². The molecule has 0 spiro atoms. The molecule has 0 radical (unpaired) electrons. The number of rotatable bonds is 8. The lowest BCUT2D eigenvalue weighted by Gasteiger charge is -2.36. The smallest absolute Gasteiger partial charge is 0.408 e. The van der Waals surface area contributed by atoms with E-state index in [4.69, 9.17) is 9.26 Å². The average Bonchev–Trinajstić information content (AvgIpc) is 3.11. The largest absolute Gasteiger partial charge is 0.444 e. The zero-order valence-electron chi connectivity index (χ0n) is 20.1. The lowest BCUT2D eigenvalue weighted by atomic mass is 9.92. The van der Waals surface area contributed by atoms with Crippen LogP contribution in [0, 0.1) is 5.92 Å². The monoisotopic (exact) mass is 437 g/mol. The number of unbranched alkanes of at least 4 members (excludes halogenated alkanes) is 1. The van der Waals surface area contributed by atoms with Gasteiger partial charge in [0.1, 0.15) is 11.1 Å². The highest BCUT2D eigenvalue weighted by atomic mass is 16.6. The zero-order valence-corrected chi connectivity index (χ0v) is 20.1. The molecular formula is C22H39N5O4. The molecule has 0 bridgehead atoms. The molecule has 9 heteroatoms. The normalized spacial score (nSPS) is 20.4. The predicted octanol–water partition coefficient (Wildman–Crippen LogP) is 3.35. The molecule has 1 aliphatic heterocycles. The van der Waals surface area contributed by atoms with Crippen molar-refractivity contribution in [3.8, 4) is 0 Å². The molecule has 2 heterocycles. The van der Waals surface area contributed by atoms with Gasteiger partial charge in [0, 0.05) is 19.1 Å². The molecule has 2 amide bonds. The number of piperidine rings is 1. The van der Waals surface area contributed by atoms with Crippen LogP contribution in [0.1, 0.15) is 85.9 Å². The van der Waals surface area contributed by atoms with E-state index in [2.05, 4.69) is 39.5 Å². The maximum absolute atomic E-state index is 12.5. The number of nitrogens with one attached hydrogen (secondary N) is 2. The van der Waals surface area contributed by atoms with Crippen LogP contribution < -0.4 is 10.6 Å². The fourth-order valence-electron chi connectivity index (χ4n) is 3.51. The SMILES string of the molecule is CCCCNC(=O)C1CCC(C)N(Cc2nc(C(C)(C)NC(=O)OC(C)(C)C)no2)C1. The van der Waals surface area contributed by atoms with Crippen molar-refractivity contribution in [1.82, 2.24) is 25.7 Å². The Morgan fingerprint density at radius 1 is 1.23 bits per heavy atom. The van der Waals surface area contributed by atoms with Gasteiger partial charge in [0.25, 0.3) is 0 Å². The first-order valence-electron chi connectivity index (χ1n) is 11.3. The maximum atomic E-state index is 12.5. The number of alkyl carbamates (subject to hydrolysis) is 1. The van der Waals surface area contributed by atoms with Crippen LogP contribution in [0.3, 0.4) is 0 Å². The summed E-state index contributed by atoms with van der Waals surface area (Å²) in [5.74, 6) is 0.944. The predicted molar refractivity (Wildman–Crippen MR) is 117 cm³/mol. The van der Waals surface area contributed by atoms with Gasteiger partial charge in [0.2, 0.25) is 11.8 Å². The van der Waals surface area contributed by atoms with Gasteiger partial charge in [-0.3, -0.25) is 9.69 Å². The molecule has 31 heavy (non-hydrogen) atoms. The van der Waals surface area contributed by atoms with Gasteiger partial charge < -0.3 is 19.9 Å². The van der Waals surface area contributed by atoms with Gasteiger partial charge >= 0.3 is 6.09 Å². The van der Waals surface area contributed by atoms with Crippen LogP contribution in [-0.4, -0.2) is 51.8 Å². The zero-order chi connectivity index (χ0) is 23.2. The standard InChI is InChI=1S/C22H39N5O4/c1-8-9-12-23-18(28)16-11-10-15(2)27(13-16)14-17-24-19(26-31-17)22(6,7)25-20(29)30-21(3,4)5/h15-16H,8-14H2,1-7H3,(H,23,28)(H,25,29). The Kier molecular flexibility index (Phi) is 8.45. The molecule has 1 fully saturated rings. The topological polar surface area (TPSA) is 110 Å². The van der Waals surface area contributed by atoms with Gasteiger partial charge in [-0.2, -0.15) is 4.98 Å². The molecule has 1 aromatic rings. The maximum Gasteiger partial charge on any atom is 0.408 e. The summed E-state index contributed by atoms with van der Waals surface area (Å²) >= 11 is 0. The van der Waals surface area contributed by atoms with E-state index in [0.29, 0.717) is 30.8 Å². The van der Waals surface area contributed by atoms with Crippen LogP contribution in [0.5, 0.6) is 0 Å². The summed E-state index contributed by atoms with van der Waals surface area (Å²) in [6, 6.07) is 0.322. The number of carbonyl (C=O) groups is 2. The van der Waals surface area contributed by atoms with E-state index in [-0.39, 0.29) is 11.8 Å². The van der Waals surface area contributed by atoms with E-state index in [0.717, 1.165) is 32.2 Å². The molecule has 1 saturated heterocycles. The molecule has 0 aromatic carbocycles. The molecule has 2 atom stereocenters. The van der Waals surface area contributed by atoms with Crippen molar-refractivity contribution in [3.63, 3.8) is 0 Å². The van der Waals surface area contributed by atoms with Crippen LogP contribution in [0.2, 0.25) is 0 Å². The quantitative estimate of drug-likeness (QED) is 0.600. The number of amides is 2. The Bertz CT molecular complexity index is 741. The molecule has 2 unspecified atom stereocenters. The van der Waals surface area contributed by atoms with Gasteiger partial charge in [-0.15, -0.1) is 0 Å². The van der Waals surface area contributed by atoms with E-state index in [9.17, 15) is 9.59 Å². The molecule has 176 valence electrons. The Morgan fingerprint density at radius 3 is 2.58 bits per heavy atom. The summed E-state index contributed by atoms with van der Waals surface area (Å²) in [6.07, 6.45) is 3.35. The molecule has 1 aromatic heterocycles. The van der Waals surface area contributed by atoms with E-state index in [1.807, 2.05) is 20.8 Å². The summed E-state index contributed by atoms with van der Waals surface area (Å²) < 4.78 is 10.8. The van der Waals surface area contributed by atoms with Gasteiger partial charge in [-0.25, -0.2) is 4.79 Å². The Morgan fingerprint density at radius 2 is 1.94 bits per heavy atom. The van der Waals surface area contributed by atoms with Gasteiger partial charge in [0.05, 0.1) is 12.5 Å². The summed E-state index contributed by atoms with van der Waals surface area (Å²) in [4.78, 5) is 31.3. The summed E-state index contributed by atoms with van der Waals surface area (Å²) in [5, 5.41) is 9.90. The van der Waals surface area contributed by atoms with Crippen molar-refractivity contribution in [2.24, 2.45) is 5.92 Å². The lowest BCUT2D eigenvalue weighted by molar-refractivity contribution is -0.127. The van der Waals surface area contributed by atoms with Crippen LogP contribution in [-0.2, 0) is 21.6 Å². The van der Waals surface area contributed by atoms with Crippen LogP contribution in [0.15, 0.2) is 4.52 Å². The number of carbonyl (C=O) groups excluding carboxylic acids is 2. The Balaban J connectivity index is 1.97. The van der Waals surface area contributed by atoms with Crippen LogP contribution in [0.4, 0.5) is 4.79 Å². The van der Waals surface area contributed by atoms with E-state index < -0.39 is 17.2 Å². The molecule has 0 aliphatic carbocycles. The third-order valence-corrected chi connectivity index (χ3v) is 5.39. The molecule has 9 nitrogen and oxygen atoms in total. The second-order valence-electron chi connectivity index (χ2n) is 9.96. The second kappa shape index (κ2) is 10.4. The van der Waals surface area contributed by atoms with Crippen LogP contribution in [0.25, 0.3) is 0 Å². The minimum Gasteiger partial charge on any atom is -0.444 e. The fourth-order valence-corrected chi connectivity index (χ4v) is 3.51. The molecule has 0 saturated carbocycles. The highest BCUT2D eigenvalue weighted by Gasteiger charge is 2.33. The molecule has 2 N–H and O–H groups in total. The number of likely N-dealkylation sites (tertiary alicyclic amines) is 1. The van der Waals surface area contributed by atoms with E-state index in [1.165, 1.54) is 0 Å². The summed E-state index contributed by atoms with van der Waals surface area (Å²) in [7, 11) is 0. The Labute approximate surface area is 185 Å². The second-order valence-corrected chi connectivity index (χ2v) is 9.96. The van der Waals surface area contributed by atoms with Crippen molar-refractivity contribution in [1.29, 1.82) is 0 Å². The highest BCUT2D eigenvalue weighted by Crippen LogP contribution is 2.25.